The van der Waals surface area contributed by atoms with Crippen molar-refractivity contribution in [1.29, 1.82) is 0 Å². The quantitative estimate of drug-likeness (QED) is 0.533. The van der Waals surface area contributed by atoms with Crippen LogP contribution in [0.3, 0.4) is 0 Å². The Bertz CT molecular complexity index is 495. The minimum Gasteiger partial charge on any atom is -0.381 e. The van der Waals surface area contributed by atoms with E-state index in [1.807, 2.05) is 0 Å². The molecule has 0 saturated carbocycles. The number of nitrogens with two attached hydrogens (primary N) is 1. The first kappa shape index (κ1) is 8.86. The SMILES string of the molecule is Nc1cn(/N=N/n2cc(N=O)nn2)nn1. The van der Waals surface area contributed by atoms with Gasteiger partial charge in [-0.3, -0.25) is 0 Å². The average Bonchev–Trinajstić information content (AvgIpc) is 2.83. The summed E-state index contributed by atoms with van der Waals surface area (Å²) < 4.78 is 0. The summed E-state index contributed by atoms with van der Waals surface area (Å²) in [5.41, 5.74) is 5.29. The molecule has 0 radical (unpaired) electrons. The molecule has 0 fully saturated rings. The second-order valence-corrected chi connectivity index (χ2v) is 2.33. The van der Waals surface area contributed by atoms with Gasteiger partial charge in [0.25, 0.3) is 0 Å². The maximum atomic E-state index is 10.0. The van der Waals surface area contributed by atoms with E-state index in [1.165, 1.54) is 12.4 Å². The van der Waals surface area contributed by atoms with Crippen LogP contribution in [0.4, 0.5) is 11.6 Å². The molecule has 0 unspecified atom stereocenters. The van der Waals surface area contributed by atoms with Crippen molar-refractivity contribution in [2.45, 2.75) is 0 Å². The van der Waals surface area contributed by atoms with Gasteiger partial charge in [0.2, 0.25) is 5.82 Å². The molecule has 0 aliphatic heterocycles. The monoisotopic (exact) mass is 208 g/mol. The van der Waals surface area contributed by atoms with Crippen LogP contribution < -0.4 is 5.73 Å². The second kappa shape index (κ2) is 3.57. The van der Waals surface area contributed by atoms with E-state index < -0.39 is 0 Å². The van der Waals surface area contributed by atoms with Crippen LogP contribution in [-0.2, 0) is 0 Å². The highest BCUT2D eigenvalue weighted by atomic mass is 16.3. The van der Waals surface area contributed by atoms with Gasteiger partial charge in [-0.1, -0.05) is 0 Å². The molecule has 2 heterocycles. The number of rotatable bonds is 3. The molecule has 0 aliphatic carbocycles. The largest absolute Gasteiger partial charge is 0.381 e. The fraction of sp³-hybridized carbons (Fsp3) is 0. The van der Waals surface area contributed by atoms with E-state index in [-0.39, 0.29) is 11.6 Å². The lowest BCUT2D eigenvalue weighted by Gasteiger charge is -1.85. The van der Waals surface area contributed by atoms with Crippen molar-refractivity contribution < 1.29 is 0 Å². The molecule has 2 aromatic rings. The molecular weight excluding hydrogens is 204 g/mol. The molecule has 0 spiro atoms. The molecule has 11 heteroatoms. The average molecular weight is 208 g/mol. The van der Waals surface area contributed by atoms with E-state index in [4.69, 9.17) is 5.73 Å². The van der Waals surface area contributed by atoms with Crippen molar-refractivity contribution >= 4 is 11.6 Å². The number of nitrogen functional groups attached to an aromatic ring is 1. The Balaban J connectivity index is 2.14. The summed E-state index contributed by atoms with van der Waals surface area (Å²) in [7, 11) is 0. The third-order valence-corrected chi connectivity index (χ3v) is 1.29. The molecule has 0 amide bonds. The number of hydrogen-bond donors (Lipinski definition) is 1. The van der Waals surface area contributed by atoms with Crippen molar-refractivity contribution in [3.05, 3.63) is 17.3 Å². The summed E-state index contributed by atoms with van der Waals surface area (Å²) in [4.78, 5) is 12.0. The number of anilines is 1. The van der Waals surface area contributed by atoms with Crippen molar-refractivity contribution in [2.75, 3.05) is 5.73 Å². The Morgan fingerprint density at radius 2 is 1.80 bits per heavy atom. The molecule has 0 aromatic carbocycles. The number of hydrogen-bond acceptors (Lipinski definition) is 9. The molecule has 15 heavy (non-hydrogen) atoms. The first-order valence-electron chi connectivity index (χ1n) is 3.64. The van der Waals surface area contributed by atoms with Crippen molar-refractivity contribution in [3.63, 3.8) is 0 Å². The zero-order valence-corrected chi connectivity index (χ0v) is 7.17. The van der Waals surface area contributed by atoms with Gasteiger partial charge in [-0.05, 0) is 26.1 Å². The Morgan fingerprint density at radius 3 is 2.33 bits per heavy atom. The predicted octanol–water partition coefficient (Wildman–Crippen LogP) is -0.472. The van der Waals surface area contributed by atoms with Crippen LogP contribution in [0.5, 0.6) is 0 Å². The highest BCUT2D eigenvalue weighted by Gasteiger charge is 1.98. The van der Waals surface area contributed by atoms with Crippen LogP contribution >= 0.6 is 0 Å². The zero-order chi connectivity index (χ0) is 10.7. The molecular formula is C4H4N10O. The fourth-order valence-corrected chi connectivity index (χ4v) is 0.725. The summed E-state index contributed by atoms with van der Waals surface area (Å²) in [5, 5.41) is 23.4. The standard InChI is InChI=1S/C4H4N10O/c5-3-1-13(9-6-3)11-12-14-2-4(8-15)7-10-14/h1-2H,5H2/b12-11+. The molecule has 2 N–H and O–H groups in total. The Hall–Kier alpha value is -2.72. The highest BCUT2D eigenvalue weighted by molar-refractivity contribution is 5.19. The summed E-state index contributed by atoms with van der Waals surface area (Å²) in [6.07, 6.45) is 2.54. The third-order valence-electron chi connectivity index (χ3n) is 1.29. The van der Waals surface area contributed by atoms with E-state index in [0.717, 1.165) is 9.58 Å². The molecule has 2 aromatic heterocycles. The second-order valence-electron chi connectivity index (χ2n) is 2.33. The molecule has 0 bridgehead atoms. The number of nitrogens with zero attached hydrogens (tertiary/aromatic N) is 9. The maximum Gasteiger partial charge on any atom is 0.239 e. The smallest absolute Gasteiger partial charge is 0.239 e. The van der Waals surface area contributed by atoms with Crippen LogP contribution in [0.2, 0.25) is 0 Å². The zero-order valence-electron chi connectivity index (χ0n) is 7.17. The van der Waals surface area contributed by atoms with Crippen molar-refractivity contribution in [2.24, 2.45) is 15.6 Å². The lowest BCUT2D eigenvalue weighted by atomic mass is 10.8. The summed E-state index contributed by atoms with van der Waals surface area (Å²) >= 11 is 0. The third kappa shape index (κ3) is 1.96. The molecule has 2 rings (SSSR count). The van der Waals surface area contributed by atoms with Gasteiger partial charge in [0, 0.05) is 0 Å². The predicted molar refractivity (Wildman–Crippen MR) is 45.6 cm³/mol. The lowest BCUT2D eigenvalue weighted by molar-refractivity contribution is 0.562. The van der Waals surface area contributed by atoms with Crippen LogP contribution in [0.15, 0.2) is 28.0 Å². The fourth-order valence-electron chi connectivity index (χ4n) is 0.725. The van der Waals surface area contributed by atoms with Gasteiger partial charge in [0.05, 0.1) is 6.20 Å². The van der Waals surface area contributed by atoms with Gasteiger partial charge in [-0.15, -0.1) is 24.7 Å². The van der Waals surface area contributed by atoms with Gasteiger partial charge < -0.3 is 5.73 Å². The van der Waals surface area contributed by atoms with Crippen molar-refractivity contribution in [3.8, 4) is 0 Å². The van der Waals surface area contributed by atoms with Gasteiger partial charge in [0.1, 0.15) is 6.20 Å². The Morgan fingerprint density at radius 1 is 1.13 bits per heavy atom. The molecule has 0 aliphatic rings. The molecule has 0 saturated heterocycles. The summed E-state index contributed by atoms with van der Waals surface area (Å²) in [6, 6.07) is 0. The van der Waals surface area contributed by atoms with Gasteiger partial charge in [-0.2, -0.15) is 0 Å². The van der Waals surface area contributed by atoms with Crippen LogP contribution in [0.1, 0.15) is 0 Å². The van der Waals surface area contributed by atoms with E-state index in [0.29, 0.717) is 0 Å². The van der Waals surface area contributed by atoms with Crippen LogP contribution in [0, 0.1) is 4.91 Å². The lowest BCUT2D eigenvalue weighted by Crippen LogP contribution is -1.92. The maximum absolute atomic E-state index is 10.0. The normalized spacial score (nSPS) is 10.9. The van der Waals surface area contributed by atoms with E-state index in [2.05, 4.69) is 36.2 Å². The van der Waals surface area contributed by atoms with Gasteiger partial charge >= 0.3 is 0 Å². The van der Waals surface area contributed by atoms with Gasteiger partial charge in [-0.25, -0.2) is 0 Å². The molecule has 76 valence electrons. The van der Waals surface area contributed by atoms with Gasteiger partial charge in [0.15, 0.2) is 5.82 Å². The minimum atomic E-state index is -0.0907. The molecule has 11 nitrogen and oxygen atoms in total. The first-order chi connectivity index (χ1) is 7.28. The van der Waals surface area contributed by atoms with Crippen LogP contribution in [-0.4, -0.2) is 30.2 Å². The number of aromatic nitrogens is 6. The van der Waals surface area contributed by atoms with Crippen LogP contribution in [0.25, 0.3) is 0 Å². The van der Waals surface area contributed by atoms with Crippen molar-refractivity contribution in [1.82, 2.24) is 30.2 Å². The molecule has 0 atom stereocenters. The summed E-state index contributed by atoms with van der Waals surface area (Å²) in [5.74, 6) is 0.120. The minimum absolute atomic E-state index is 0.0907. The topological polar surface area (TPSA) is 142 Å². The Kier molecular flexibility index (Phi) is 2.11. The highest BCUT2D eigenvalue weighted by Crippen LogP contribution is 2.03. The number of nitroso groups, excluding NO2 is 1. The van der Waals surface area contributed by atoms with E-state index in [1.54, 1.807) is 0 Å². The Labute approximate surface area is 81.5 Å². The first-order valence-corrected chi connectivity index (χ1v) is 3.64. The summed E-state index contributed by atoms with van der Waals surface area (Å²) in [6.45, 7) is 0. The van der Waals surface area contributed by atoms with E-state index in [9.17, 15) is 4.91 Å². The van der Waals surface area contributed by atoms with E-state index >= 15 is 0 Å².